The molecule has 2 aliphatic carbocycles. The van der Waals surface area contributed by atoms with Gasteiger partial charge in [-0.2, -0.15) is 0 Å². The van der Waals surface area contributed by atoms with Gasteiger partial charge < -0.3 is 9.84 Å². The van der Waals surface area contributed by atoms with E-state index >= 15 is 0 Å². The second-order valence-electron chi connectivity index (χ2n) is 5.87. The van der Waals surface area contributed by atoms with E-state index in [2.05, 4.69) is 0 Å². The van der Waals surface area contributed by atoms with Crippen LogP contribution in [0.4, 0.5) is 0 Å². The van der Waals surface area contributed by atoms with Crippen LogP contribution in [0.3, 0.4) is 0 Å². The molecule has 1 aromatic carbocycles. The van der Waals surface area contributed by atoms with E-state index in [9.17, 15) is 14.4 Å². The Morgan fingerprint density at radius 3 is 2.55 bits per heavy atom. The highest BCUT2D eigenvalue weighted by Crippen LogP contribution is 2.51. The number of benzene rings is 1. The van der Waals surface area contributed by atoms with Crippen LogP contribution >= 0.6 is 11.6 Å². The van der Waals surface area contributed by atoms with Crippen LogP contribution in [0.15, 0.2) is 6.07 Å². The summed E-state index contributed by atoms with van der Waals surface area (Å²) in [6, 6.07) is 1.47. The van der Waals surface area contributed by atoms with E-state index in [1.165, 1.54) is 6.07 Å². The molecule has 1 fully saturated rings. The average molecular weight is 323 g/mol. The molecule has 0 aromatic heterocycles. The Morgan fingerprint density at radius 2 is 1.95 bits per heavy atom. The summed E-state index contributed by atoms with van der Waals surface area (Å²) in [5.41, 5.74) is 0.0682. The van der Waals surface area contributed by atoms with Gasteiger partial charge in [-0.1, -0.05) is 24.4 Å². The highest BCUT2D eigenvalue weighted by atomic mass is 35.5. The zero-order chi connectivity index (χ0) is 16.1. The smallest absolute Gasteiger partial charge is 0.341 e. The Hall–Kier alpha value is -1.88. The zero-order valence-corrected chi connectivity index (χ0v) is 12.8. The van der Waals surface area contributed by atoms with Crippen molar-refractivity contribution in [3.05, 3.63) is 27.8 Å². The van der Waals surface area contributed by atoms with Crippen molar-refractivity contribution in [2.24, 2.45) is 5.41 Å². The predicted molar refractivity (Wildman–Crippen MR) is 78.9 cm³/mol. The predicted octanol–water partition coefficient (Wildman–Crippen LogP) is 3.05. The number of carboxylic acid groups (broad SMARTS) is 1. The summed E-state index contributed by atoms with van der Waals surface area (Å²) < 4.78 is 5.19. The Kier molecular flexibility index (Phi) is 3.48. The first kappa shape index (κ1) is 15.0. The van der Waals surface area contributed by atoms with Gasteiger partial charge in [0.05, 0.1) is 10.4 Å². The number of ketones is 2. The molecule has 0 radical (unpaired) electrons. The lowest BCUT2D eigenvalue weighted by atomic mass is 9.81. The molecule has 0 atom stereocenters. The van der Waals surface area contributed by atoms with E-state index in [1.54, 1.807) is 6.92 Å². The molecule has 0 aliphatic heterocycles. The molecule has 116 valence electrons. The van der Waals surface area contributed by atoms with Gasteiger partial charge in [0.1, 0.15) is 5.75 Å². The molecule has 0 saturated heterocycles. The highest BCUT2D eigenvalue weighted by molar-refractivity contribution is 6.40. The lowest BCUT2D eigenvalue weighted by molar-refractivity contribution is -0.139. The van der Waals surface area contributed by atoms with Crippen molar-refractivity contribution in [1.29, 1.82) is 0 Å². The molecule has 1 aromatic rings. The molecule has 0 unspecified atom stereocenters. The number of carbonyl (C=O) groups excluding carboxylic acids is 2. The van der Waals surface area contributed by atoms with E-state index in [-0.39, 0.29) is 33.5 Å². The largest absolute Gasteiger partial charge is 0.482 e. The molecule has 1 saturated carbocycles. The maximum atomic E-state index is 12.7. The first-order chi connectivity index (χ1) is 10.4. The number of rotatable bonds is 3. The van der Waals surface area contributed by atoms with Crippen molar-refractivity contribution in [3.63, 3.8) is 0 Å². The molecule has 0 heterocycles. The van der Waals surface area contributed by atoms with Crippen LogP contribution in [0, 0.1) is 12.3 Å². The summed E-state index contributed by atoms with van der Waals surface area (Å²) in [5, 5.41) is 8.91. The minimum atomic E-state index is -1.12. The van der Waals surface area contributed by atoms with Gasteiger partial charge in [-0.25, -0.2) is 4.79 Å². The first-order valence-corrected chi connectivity index (χ1v) is 7.53. The molecule has 1 spiro atoms. The third kappa shape index (κ3) is 1.96. The van der Waals surface area contributed by atoms with Crippen LogP contribution in [-0.4, -0.2) is 29.2 Å². The fourth-order valence-electron chi connectivity index (χ4n) is 3.45. The van der Waals surface area contributed by atoms with Gasteiger partial charge in [0.25, 0.3) is 0 Å². The SMILES string of the molecule is Cc1c(OCC(=O)O)cc2c(c1Cl)C(=O)C1(CCCC1)C2=O. The summed E-state index contributed by atoms with van der Waals surface area (Å²) in [6.07, 6.45) is 2.81. The van der Waals surface area contributed by atoms with Gasteiger partial charge >= 0.3 is 5.97 Å². The average Bonchev–Trinajstić information content (AvgIpc) is 3.04. The first-order valence-electron chi connectivity index (χ1n) is 7.16. The fraction of sp³-hybridized carbons (Fsp3) is 0.438. The normalized spacial score (nSPS) is 18.8. The Morgan fingerprint density at radius 1 is 1.32 bits per heavy atom. The number of ether oxygens (including phenoxy) is 1. The Bertz CT molecular complexity index is 701. The maximum absolute atomic E-state index is 12.7. The van der Waals surface area contributed by atoms with E-state index in [0.717, 1.165) is 12.8 Å². The molecular formula is C16H15ClO5. The van der Waals surface area contributed by atoms with Gasteiger partial charge in [-0.3, -0.25) is 9.59 Å². The second kappa shape index (κ2) is 5.09. The van der Waals surface area contributed by atoms with Crippen LogP contribution < -0.4 is 4.74 Å². The number of carbonyl (C=O) groups is 3. The van der Waals surface area contributed by atoms with E-state index in [0.29, 0.717) is 18.4 Å². The van der Waals surface area contributed by atoms with E-state index in [1.807, 2.05) is 0 Å². The van der Waals surface area contributed by atoms with Crippen LogP contribution in [0.25, 0.3) is 0 Å². The lowest BCUT2D eigenvalue weighted by Gasteiger charge is -2.17. The number of Topliss-reactive ketones (excluding diaryl/α,β-unsaturated/α-hetero) is 2. The minimum Gasteiger partial charge on any atom is -0.482 e. The summed E-state index contributed by atoms with van der Waals surface area (Å²) in [4.78, 5) is 36.1. The van der Waals surface area contributed by atoms with Crippen molar-refractivity contribution in [3.8, 4) is 5.75 Å². The molecule has 0 amide bonds. The van der Waals surface area contributed by atoms with Crippen molar-refractivity contribution in [1.82, 2.24) is 0 Å². The highest BCUT2D eigenvalue weighted by Gasteiger charge is 2.55. The third-order valence-corrected chi connectivity index (χ3v) is 5.08. The van der Waals surface area contributed by atoms with Gasteiger partial charge in [-0.15, -0.1) is 0 Å². The number of hydrogen-bond donors (Lipinski definition) is 1. The van der Waals surface area contributed by atoms with Crippen molar-refractivity contribution in [2.45, 2.75) is 32.6 Å². The molecule has 22 heavy (non-hydrogen) atoms. The Balaban J connectivity index is 2.10. The van der Waals surface area contributed by atoms with Gasteiger partial charge in [0, 0.05) is 16.7 Å². The molecule has 1 N–H and O–H groups in total. The summed E-state index contributed by atoms with van der Waals surface area (Å²) in [5.74, 6) is -1.28. The second-order valence-corrected chi connectivity index (χ2v) is 6.24. The molecule has 6 heteroatoms. The van der Waals surface area contributed by atoms with Gasteiger partial charge in [0.2, 0.25) is 0 Å². The topological polar surface area (TPSA) is 80.7 Å². The third-order valence-electron chi connectivity index (χ3n) is 4.61. The molecule has 0 bridgehead atoms. The molecule has 5 nitrogen and oxygen atoms in total. The summed E-state index contributed by atoms with van der Waals surface area (Å²) in [7, 11) is 0. The Labute approximate surface area is 132 Å². The van der Waals surface area contributed by atoms with E-state index < -0.39 is 18.0 Å². The van der Waals surface area contributed by atoms with Crippen molar-refractivity contribution < 1.29 is 24.2 Å². The number of hydrogen-bond acceptors (Lipinski definition) is 4. The quantitative estimate of drug-likeness (QED) is 0.865. The zero-order valence-electron chi connectivity index (χ0n) is 12.1. The number of carboxylic acids is 1. The van der Waals surface area contributed by atoms with Gasteiger partial charge in [0.15, 0.2) is 18.2 Å². The van der Waals surface area contributed by atoms with Crippen LogP contribution in [-0.2, 0) is 4.79 Å². The monoisotopic (exact) mass is 322 g/mol. The molecule has 2 aliphatic rings. The fourth-order valence-corrected chi connectivity index (χ4v) is 3.73. The summed E-state index contributed by atoms with van der Waals surface area (Å²) >= 11 is 6.28. The standard InChI is InChI=1S/C16H15ClO5/c1-8-10(22-7-11(18)19)6-9-12(13(8)17)15(21)16(14(9)20)4-2-3-5-16/h6H,2-5,7H2,1H3,(H,18,19). The van der Waals surface area contributed by atoms with Gasteiger partial charge in [-0.05, 0) is 25.8 Å². The number of aliphatic carboxylic acids is 1. The van der Waals surface area contributed by atoms with E-state index in [4.69, 9.17) is 21.4 Å². The van der Waals surface area contributed by atoms with Crippen molar-refractivity contribution in [2.75, 3.05) is 6.61 Å². The molecular weight excluding hydrogens is 308 g/mol. The summed E-state index contributed by atoms with van der Waals surface area (Å²) in [6.45, 7) is 1.13. The van der Waals surface area contributed by atoms with Crippen LogP contribution in [0.2, 0.25) is 5.02 Å². The van der Waals surface area contributed by atoms with Crippen molar-refractivity contribution >= 4 is 29.1 Å². The maximum Gasteiger partial charge on any atom is 0.341 e. The molecule has 3 rings (SSSR count). The minimum absolute atomic E-state index is 0.192. The van der Waals surface area contributed by atoms with Crippen LogP contribution in [0.1, 0.15) is 52.0 Å². The number of fused-ring (bicyclic) bond motifs is 1. The number of halogens is 1. The lowest BCUT2D eigenvalue weighted by Crippen LogP contribution is -2.29. The van der Waals surface area contributed by atoms with Crippen LogP contribution in [0.5, 0.6) is 5.75 Å².